The molecule has 0 unspecified atom stereocenters. The average molecular weight is 215 g/mol. The largest absolute Gasteiger partial charge is 0.395 e. The van der Waals surface area contributed by atoms with E-state index < -0.39 is 17.4 Å². The molecule has 0 atom stereocenters. The first-order chi connectivity index (χ1) is 7.15. The molecule has 2 N–H and O–H groups in total. The summed E-state index contributed by atoms with van der Waals surface area (Å²) in [5.41, 5.74) is -0.277. The van der Waals surface area contributed by atoms with Gasteiger partial charge in [-0.3, -0.25) is 4.79 Å². The lowest BCUT2D eigenvalue weighted by atomic mass is 10.1. The Hall–Kier alpha value is -1.33. The fraction of sp³-hybridized carbons (Fsp3) is 0.300. The van der Waals surface area contributed by atoms with Crippen LogP contribution < -0.4 is 5.32 Å². The van der Waals surface area contributed by atoms with E-state index in [1.54, 1.807) is 0 Å². The van der Waals surface area contributed by atoms with E-state index in [4.69, 9.17) is 5.11 Å². The zero-order chi connectivity index (χ0) is 11.3. The van der Waals surface area contributed by atoms with Gasteiger partial charge in [0.05, 0.1) is 18.7 Å². The van der Waals surface area contributed by atoms with Crippen molar-refractivity contribution in [3.8, 4) is 0 Å². The molecule has 0 fully saturated rings. The molecule has 0 radical (unpaired) electrons. The molecule has 5 heteroatoms. The topological polar surface area (TPSA) is 49.3 Å². The van der Waals surface area contributed by atoms with Crippen LogP contribution in [0, 0.1) is 11.6 Å². The maximum Gasteiger partial charge on any atom is 0.179 e. The molecule has 0 spiro atoms. The SMILES string of the molecule is O=C(CNCCO)c1cc(F)ccc1F. The van der Waals surface area contributed by atoms with Crippen molar-refractivity contribution in [2.45, 2.75) is 0 Å². The summed E-state index contributed by atoms with van der Waals surface area (Å²) in [6.07, 6.45) is 0. The van der Waals surface area contributed by atoms with Crippen LogP contribution in [0.4, 0.5) is 8.78 Å². The number of rotatable bonds is 5. The first kappa shape index (κ1) is 11.7. The number of benzene rings is 1. The van der Waals surface area contributed by atoms with Crippen molar-refractivity contribution < 1.29 is 18.7 Å². The number of hydrogen-bond donors (Lipinski definition) is 2. The van der Waals surface area contributed by atoms with Gasteiger partial charge >= 0.3 is 0 Å². The second kappa shape index (κ2) is 5.53. The van der Waals surface area contributed by atoms with Crippen molar-refractivity contribution in [3.05, 3.63) is 35.4 Å². The number of ketones is 1. The Bertz CT molecular complexity index is 355. The van der Waals surface area contributed by atoms with Crippen LogP contribution in [0.1, 0.15) is 10.4 Å². The number of hydrogen-bond acceptors (Lipinski definition) is 3. The standard InChI is InChI=1S/C10H11F2NO2/c11-7-1-2-9(12)8(5-7)10(15)6-13-3-4-14/h1-2,5,13-14H,3-4,6H2. The van der Waals surface area contributed by atoms with Gasteiger partial charge < -0.3 is 10.4 Å². The molecule has 0 aromatic heterocycles. The summed E-state index contributed by atoms with van der Waals surface area (Å²) >= 11 is 0. The number of carbonyl (C=O) groups is 1. The Kier molecular flexibility index (Phi) is 4.33. The van der Waals surface area contributed by atoms with Crippen LogP contribution in [0.15, 0.2) is 18.2 Å². The molecule has 0 aliphatic rings. The molecule has 0 saturated carbocycles. The highest BCUT2D eigenvalue weighted by atomic mass is 19.1. The van der Waals surface area contributed by atoms with E-state index in [0.29, 0.717) is 0 Å². The second-order valence-electron chi connectivity index (χ2n) is 2.95. The Morgan fingerprint density at radius 1 is 1.40 bits per heavy atom. The Morgan fingerprint density at radius 2 is 2.13 bits per heavy atom. The lowest BCUT2D eigenvalue weighted by Gasteiger charge is -2.03. The maximum atomic E-state index is 13.1. The van der Waals surface area contributed by atoms with Crippen LogP contribution in [0.25, 0.3) is 0 Å². The summed E-state index contributed by atoms with van der Waals surface area (Å²) in [6, 6.07) is 2.72. The van der Waals surface area contributed by atoms with Gasteiger partial charge in [-0.1, -0.05) is 0 Å². The third-order valence-corrected chi connectivity index (χ3v) is 1.80. The van der Waals surface area contributed by atoms with Gasteiger partial charge in [0.1, 0.15) is 11.6 Å². The van der Waals surface area contributed by atoms with Crippen LogP contribution in [-0.2, 0) is 0 Å². The molecule has 82 valence electrons. The second-order valence-corrected chi connectivity index (χ2v) is 2.95. The summed E-state index contributed by atoms with van der Waals surface area (Å²) in [5.74, 6) is -1.94. The van der Waals surface area contributed by atoms with Gasteiger partial charge in [-0.2, -0.15) is 0 Å². The summed E-state index contributed by atoms with van der Waals surface area (Å²) in [5, 5.41) is 11.0. The van der Waals surface area contributed by atoms with E-state index in [0.717, 1.165) is 18.2 Å². The zero-order valence-electron chi connectivity index (χ0n) is 7.96. The van der Waals surface area contributed by atoms with Crippen molar-refractivity contribution in [2.75, 3.05) is 19.7 Å². The minimum Gasteiger partial charge on any atom is -0.395 e. The highest BCUT2D eigenvalue weighted by Gasteiger charge is 2.11. The minimum absolute atomic E-state index is 0.112. The first-order valence-electron chi connectivity index (χ1n) is 4.45. The summed E-state index contributed by atoms with van der Waals surface area (Å²) in [6.45, 7) is 0.00250. The van der Waals surface area contributed by atoms with Gasteiger partial charge in [0, 0.05) is 6.54 Å². The van der Waals surface area contributed by atoms with Crippen LogP contribution >= 0.6 is 0 Å². The van der Waals surface area contributed by atoms with Gasteiger partial charge in [0.2, 0.25) is 0 Å². The highest BCUT2D eigenvalue weighted by Crippen LogP contribution is 2.09. The molecule has 0 bridgehead atoms. The van der Waals surface area contributed by atoms with Crippen LogP contribution in [0.2, 0.25) is 0 Å². The monoisotopic (exact) mass is 215 g/mol. The molecule has 0 saturated heterocycles. The smallest absolute Gasteiger partial charge is 0.179 e. The van der Waals surface area contributed by atoms with Crippen LogP contribution in [0.5, 0.6) is 0 Å². The molecule has 0 aliphatic carbocycles. The molecule has 1 aromatic carbocycles. The molecule has 0 heterocycles. The third-order valence-electron chi connectivity index (χ3n) is 1.80. The number of carbonyl (C=O) groups excluding carboxylic acids is 1. The first-order valence-corrected chi connectivity index (χ1v) is 4.45. The Labute approximate surface area is 85.7 Å². The summed E-state index contributed by atoms with van der Waals surface area (Å²) in [4.78, 5) is 11.3. The van der Waals surface area contributed by atoms with E-state index >= 15 is 0 Å². The van der Waals surface area contributed by atoms with E-state index in [1.165, 1.54) is 0 Å². The van der Waals surface area contributed by atoms with Crippen molar-refractivity contribution in [1.82, 2.24) is 5.32 Å². The van der Waals surface area contributed by atoms with Crippen molar-refractivity contribution in [3.63, 3.8) is 0 Å². The van der Waals surface area contributed by atoms with Gasteiger partial charge in [-0.25, -0.2) is 8.78 Å². The van der Waals surface area contributed by atoms with E-state index in [-0.39, 0.29) is 25.3 Å². The predicted octanol–water partition coefficient (Wildman–Crippen LogP) is 0.729. The molecule has 0 aliphatic heterocycles. The number of aliphatic hydroxyl groups is 1. The minimum atomic E-state index is -0.743. The summed E-state index contributed by atoms with van der Waals surface area (Å²) < 4.78 is 25.8. The van der Waals surface area contributed by atoms with E-state index in [9.17, 15) is 13.6 Å². The average Bonchev–Trinajstić information content (AvgIpc) is 2.22. The zero-order valence-corrected chi connectivity index (χ0v) is 7.96. The number of Topliss-reactive ketones (excluding diaryl/α,β-unsaturated/α-hetero) is 1. The van der Waals surface area contributed by atoms with Gasteiger partial charge in [-0.05, 0) is 18.2 Å². The fourth-order valence-corrected chi connectivity index (χ4v) is 1.09. The summed E-state index contributed by atoms with van der Waals surface area (Å²) in [7, 11) is 0. The van der Waals surface area contributed by atoms with Crippen LogP contribution in [-0.4, -0.2) is 30.6 Å². The predicted molar refractivity (Wildman–Crippen MR) is 50.6 cm³/mol. The normalized spacial score (nSPS) is 10.3. The molecular weight excluding hydrogens is 204 g/mol. The molecule has 3 nitrogen and oxygen atoms in total. The molecule has 1 aromatic rings. The lowest BCUT2D eigenvalue weighted by molar-refractivity contribution is 0.0985. The van der Waals surface area contributed by atoms with E-state index in [1.807, 2.05) is 0 Å². The molecular formula is C10H11F2NO2. The maximum absolute atomic E-state index is 13.1. The van der Waals surface area contributed by atoms with E-state index in [2.05, 4.69) is 5.32 Å². The lowest BCUT2D eigenvalue weighted by Crippen LogP contribution is -2.26. The fourth-order valence-electron chi connectivity index (χ4n) is 1.09. The quantitative estimate of drug-likeness (QED) is 0.562. The number of aliphatic hydroxyl groups excluding tert-OH is 1. The van der Waals surface area contributed by atoms with Gasteiger partial charge in [0.25, 0.3) is 0 Å². The number of halogens is 2. The molecule has 1 rings (SSSR count). The van der Waals surface area contributed by atoms with Crippen molar-refractivity contribution in [2.24, 2.45) is 0 Å². The third kappa shape index (κ3) is 3.38. The Balaban J connectivity index is 2.68. The van der Waals surface area contributed by atoms with Crippen molar-refractivity contribution in [1.29, 1.82) is 0 Å². The van der Waals surface area contributed by atoms with Gasteiger partial charge in [0.15, 0.2) is 5.78 Å². The molecule has 15 heavy (non-hydrogen) atoms. The van der Waals surface area contributed by atoms with Crippen molar-refractivity contribution >= 4 is 5.78 Å². The number of nitrogens with one attached hydrogen (secondary N) is 1. The highest BCUT2D eigenvalue weighted by molar-refractivity contribution is 5.97. The van der Waals surface area contributed by atoms with Gasteiger partial charge in [-0.15, -0.1) is 0 Å². The van der Waals surface area contributed by atoms with Crippen LogP contribution in [0.3, 0.4) is 0 Å². The Morgan fingerprint density at radius 3 is 2.80 bits per heavy atom. The molecule has 0 amide bonds.